The van der Waals surface area contributed by atoms with Crippen LogP contribution in [-0.2, 0) is 9.59 Å². The Bertz CT molecular complexity index is 282. The molecule has 90 valence electrons. The number of allylic oxidation sites excluding steroid dienone is 3. The lowest BCUT2D eigenvalue weighted by molar-refractivity contribution is -0.129. The summed E-state index contributed by atoms with van der Waals surface area (Å²) in [5, 5.41) is 8.24. The summed E-state index contributed by atoms with van der Waals surface area (Å²) in [6.45, 7) is 5.29. The molecule has 0 spiro atoms. The molecule has 0 saturated heterocycles. The minimum atomic E-state index is -0.380. The second kappa shape index (κ2) is 8.85. The lowest BCUT2D eigenvalue weighted by Gasteiger charge is -2.01. The SMILES string of the molecule is C=C/C=C(\C)C(=O)CCCCCC(=O)NO. The molecule has 0 fully saturated rings. The number of ketones is 1. The summed E-state index contributed by atoms with van der Waals surface area (Å²) in [4.78, 5) is 22.1. The van der Waals surface area contributed by atoms with Crippen molar-refractivity contribution in [2.75, 3.05) is 0 Å². The quantitative estimate of drug-likeness (QED) is 0.219. The third kappa shape index (κ3) is 6.95. The van der Waals surface area contributed by atoms with Crippen LogP contribution in [0.4, 0.5) is 0 Å². The van der Waals surface area contributed by atoms with E-state index in [4.69, 9.17) is 5.21 Å². The molecule has 0 bridgehead atoms. The Labute approximate surface area is 96.0 Å². The average Bonchev–Trinajstić information content (AvgIpc) is 2.28. The van der Waals surface area contributed by atoms with Gasteiger partial charge in [-0.1, -0.05) is 25.2 Å². The Morgan fingerprint density at radius 1 is 1.25 bits per heavy atom. The van der Waals surface area contributed by atoms with Gasteiger partial charge in [-0.15, -0.1) is 0 Å². The number of rotatable bonds is 8. The number of hydroxylamine groups is 1. The minimum Gasteiger partial charge on any atom is -0.295 e. The van der Waals surface area contributed by atoms with Crippen molar-refractivity contribution in [1.29, 1.82) is 0 Å². The molecule has 4 nitrogen and oxygen atoms in total. The molecule has 0 aromatic heterocycles. The van der Waals surface area contributed by atoms with E-state index in [9.17, 15) is 9.59 Å². The van der Waals surface area contributed by atoms with Gasteiger partial charge in [0.15, 0.2) is 5.78 Å². The fourth-order valence-electron chi connectivity index (χ4n) is 1.27. The van der Waals surface area contributed by atoms with Crippen molar-refractivity contribution in [2.24, 2.45) is 0 Å². The molecule has 0 aliphatic heterocycles. The van der Waals surface area contributed by atoms with Gasteiger partial charge in [-0.3, -0.25) is 14.8 Å². The predicted octanol–water partition coefficient (Wildman–Crippen LogP) is 2.14. The first-order valence-electron chi connectivity index (χ1n) is 5.37. The van der Waals surface area contributed by atoms with Crippen LogP contribution >= 0.6 is 0 Å². The van der Waals surface area contributed by atoms with Gasteiger partial charge in [0, 0.05) is 12.8 Å². The molecule has 0 aromatic rings. The maximum atomic E-state index is 11.5. The lowest BCUT2D eigenvalue weighted by Crippen LogP contribution is -2.17. The van der Waals surface area contributed by atoms with Gasteiger partial charge in [-0.2, -0.15) is 0 Å². The third-order valence-corrected chi connectivity index (χ3v) is 2.24. The zero-order chi connectivity index (χ0) is 12.4. The second-order valence-electron chi connectivity index (χ2n) is 3.60. The first kappa shape index (κ1) is 14.6. The zero-order valence-corrected chi connectivity index (χ0v) is 9.66. The molecule has 0 aliphatic rings. The third-order valence-electron chi connectivity index (χ3n) is 2.24. The molecule has 16 heavy (non-hydrogen) atoms. The first-order chi connectivity index (χ1) is 7.61. The van der Waals surface area contributed by atoms with E-state index in [2.05, 4.69) is 6.58 Å². The molecule has 0 heterocycles. The maximum Gasteiger partial charge on any atom is 0.243 e. The van der Waals surface area contributed by atoms with E-state index in [0.29, 0.717) is 24.8 Å². The number of carbonyl (C=O) groups excluding carboxylic acids is 2. The highest BCUT2D eigenvalue weighted by atomic mass is 16.5. The first-order valence-corrected chi connectivity index (χ1v) is 5.37. The van der Waals surface area contributed by atoms with Crippen LogP contribution in [0.1, 0.15) is 39.0 Å². The Hall–Kier alpha value is -1.42. The highest BCUT2D eigenvalue weighted by Crippen LogP contribution is 2.07. The Morgan fingerprint density at radius 2 is 1.88 bits per heavy atom. The standard InChI is InChI=1S/C12H19NO3/c1-3-7-10(2)11(14)8-5-4-6-9-12(15)13-16/h3,7,16H,1,4-6,8-9H2,2H3,(H,13,15)/b10-7+. The summed E-state index contributed by atoms with van der Waals surface area (Å²) >= 11 is 0. The number of unbranched alkanes of at least 4 members (excludes halogenated alkanes) is 2. The molecule has 0 aliphatic carbocycles. The van der Waals surface area contributed by atoms with Crippen molar-refractivity contribution in [3.05, 3.63) is 24.3 Å². The topological polar surface area (TPSA) is 66.4 Å². The van der Waals surface area contributed by atoms with Crippen LogP contribution in [0.15, 0.2) is 24.3 Å². The normalized spacial score (nSPS) is 11.0. The molecule has 0 atom stereocenters. The molecule has 4 heteroatoms. The van der Waals surface area contributed by atoms with Gasteiger partial charge in [0.25, 0.3) is 0 Å². The van der Waals surface area contributed by atoms with Gasteiger partial charge >= 0.3 is 0 Å². The summed E-state index contributed by atoms with van der Waals surface area (Å²) in [5.41, 5.74) is 2.28. The van der Waals surface area contributed by atoms with Crippen LogP contribution in [0.25, 0.3) is 0 Å². The number of carbonyl (C=O) groups is 2. The minimum absolute atomic E-state index is 0.117. The van der Waals surface area contributed by atoms with E-state index < -0.39 is 0 Å². The summed E-state index contributed by atoms with van der Waals surface area (Å²) in [6, 6.07) is 0. The molecule has 0 aromatic carbocycles. The molecule has 0 saturated carbocycles. The fourth-order valence-corrected chi connectivity index (χ4v) is 1.27. The van der Waals surface area contributed by atoms with Gasteiger partial charge in [0.1, 0.15) is 0 Å². The Kier molecular flexibility index (Phi) is 8.07. The molecular weight excluding hydrogens is 206 g/mol. The number of Topliss-reactive ketones (excluding diaryl/α,β-unsaturated/α-hetero) is 1. The van der Waals surface area contributed by atoms with E-state index in [0.717, 1.165) is 12.8 Å². The van der Waals surface area contributed by atoms with Crippen LogP contribution < -0.4 is 5.48 Å². The molecular formula is C12H19NO3. The highest BCUT2D eigenvalue weighted by molar-refractivity contribution is 5.94. The van der Waals surface area contributed by atoms with Gasteiger partial charge in [0.2, 0.25) is 5.91 Å². The Balaban J connectivity index is 3.59. The molecule has 1 amide bonds. The monoisotopic (exact) mass is 225 g/mol. The van der Waals surface area contributed by atoms with Gasteiger partial charge in [0.05, 0.1) is 0 Å². The Morgan fingerprint density at radius 3 is 2.44 bits per heavy atom. The smallest absolute Gasteiger partial charge is 0.243 e. The molecule has 0 radical (unpaired) electrons. The zero-order valence-electron chi connectivity index (χ0n) is 9.66. The molecule has 0 rings (SSSR count). The summed E-state index contributed by atoms with van der Waals surface area (Å²) in [6.07, 6.45) is 6.34. The number of nitrogens with one attached hydrogen (secondary N) is 1. The van der Waals surface area contributed by atoms with E-state index in [1.165, 1.54) is 0 Å². The number of hydrogen-bond acceptors (Lipinski definition) is 3. The van der Waals surface area contributed by atoms with Gasteiger partial charge < -0.3 is 0 Å². The largest absolute Gasteiger partial charge is 0.295 e. The van der Waals surface area contributed by atoms with Crippen molar-refractivity contribution >= 4 is 11.7 Å². The van der Waals surface area contributed by atoms with Crippen molar-refractivity contribution in [2.45, 2.75) is 39.0 Å². The average molecular weight is 225 g/mol. The van der Waals surface area contributed by atoms with E-state index in [1.807, 2.05) is 0 Å². The van der Waals surface area contributed by atoms with Crippen LogP contribution in [0.2, 0.25) is 0 Å². The second-order valence-corrected chi connectivity index (χ2v) is 3.60. The van der Waals surface area contributed by atoms with Crippen molar-refractivity contribution in [3.63, 3.8) is 0 Å². The fraction of sp³-hybridized carbons (Fsp3) is 0.500. The molecule has 0 unspecified atom stereocenters. The summed E-state index contributed by atoms with van der Waals surface area (Å²) in [7, 11) is 0. The van der Waals surface area contributed by atoms with Gasteiger partial charge in [-0.25, -0.2) is 5.48 Å². The lowest BCUT2D eigenvalue weighted by atomic mass is 10.0. The maximum absolute atomic E-state index is 11.5. The van der Waals surface area contributed by atoms with Crippen LogP contribution in [0, 0.1) is 0 Å². The van der Waals surface area contributed by atoms with Gasteiger partial charge in [-0.05, 0) is 25.3 Å². The van der Waals surface area contributed by atoms with Crippen LogP contribution in [-0.4, -0.2) is 16.9 Å². The van der Waals surface area contributed by atoms with Crippen LogP contribution in [0.5, 0.6) is 0 Å². The highest BCUT2D eigenvalue weighted by Gasteiger charge is 2.04. The summed E-state index contributed by atoms with van der Waals surface area (Å²) in [5.74, 6) is -0.263. The van der Waals surface area contributed by atoms with Crippen molar-refractivity contribution in [3.8, 4) is 0 Å². The van der Waals surface area contributed by atoms with Crippen LogP contribution in [0.3, 0.4) is 0 Å². The van der Waals surface area contributed by atoms with E-state index in [-0.39, 0.29) is 11.7 Å². The van der Waals surface area contributed by atoms with Crippen molar-refractivity contribution in [1.82, 2.24) is 5.48 Å². The molecule has 2 N–H and O–H groups in total. The number of amides is 1. The van der Waals surface area contributed by atoms with Crippen molar-refractivity contribution < 1.29 is 14.8 Å². The van der Waals surface area contributed by atoms with E-state index >= 15 is 0 Å². The summed E-state index contributed by atoms with van der Waals surface area (Å²) < 4.78 is 0. The predicted molar refractivity (Wildman–Crippen MR) is 62.0 cm³/mol. The number of hydrogen-bond donors (Lipinski definition) is 2. The van der Waals surface area contributed by atoms with E-state index in [1.54, 1.807) is 24.6 Å².